The van der Waals surface area contributed by atoms with Gasteiger partial charge in [-0.2, -0.15) is 0 Å². The summed E-state index contributed by atoms with van der Waals surface area (Å²) < 4.78 is 5.52. The molecule has 18 heavy (non-hydrogen) atoms. The summed E-state index contributed by atoms with van der Waals surface area (Å²) in [6, 6.07) is 2.10. The molecule has 3 rings (SSSR count). The Kier molecular flexibility index (Phi) is 3.12. The molecule has 0 saturated carbocycles. The molecule has 2 aliphatic rings. The van der Waals surface area contributed by atoms with Crippen molar-refractivity contribution in [2.75, 3.05) is 31.1 Å². The average molecular weight is 247 g/mol. The number of hydrogen-bond donors (Lipinski definition) is 1. The zero-order valence-electron chi connectivity index (χ0n) is 11.0. The molecular weight excluding hydrogens is 226 g/mol. The second-order valence-electron chi connectivity index (χ2n) is 5.29. The third-order valence-corrected chi connectivity index (χ3v) is 4.06. The lowest BCUT2D eigenvalue weighted by Gasteiger charge is -2.25. The van der Waals surface area contributed by atoms with Crippen LogP contribution in [-0.2, 0) is 0 Å². The number of aromatic nitrogens is 1. The lowest BCUT2D eigenvalue weighted by molar-refractivity contribution is 0.339. The zero-order chi connectivity index (χ0) is 12.4. The van der Waals surface area contributed by atoms with Crippen LogP contribution >= 0.6 is 0 Å². The highest BCUT2D eigenvalue weighted by Gasteiger charge is 2.40. The summed E-state index contributed by atoms with van der Waals surface area (Å²) in [5.74, 6) is 0.871. The Balaban J connectivity index is 1.73. The molecule has 1 aromatic heterocycles. The topological polar surface area (TPSA) is 37.4 Å². The summed E-state index contributed by atoms with van der Waals surface area (Å²) in [6.07, 6.45) is 7.59. The standard InChI is InChI=1S/C14H21N3O/c1-2-18-13-8-12(9-15-10-13)17-7-5-14(11-17)4-3-6-16-14/h8-10,16H,2-7,11H2,1H3. The molecule has 2 fully saturated rings. The Hall–Kier alpha value is -1.29. The molecule has 4 nitrogen and oxygen atoms in total. The van der Waals surface area contributed by atoms with Crippen molar-refractivity contribution in [3.05, 3.63) is 18.5 Å². The molecule has 1 N–H and O–H groups in total. The molecule has 0 radical (unpaired) electrons. The van der Waals surface area contributed by atoms with Crippen LogP contribution in [0.3, 0.4) is 0 Å². The molecule has 4 heteroatoms. The number of ether oxygens (including phenoxy) is 1. The van der Waals surface area contributed by atoms with Gasteiger partial charge in [0.2, 0.25) is 0 Å². The predicted octanol–water partition coefficient (Wildman–Crippen LogP) is 1.81. The van der Waals surface area contributed by atoms with Gasteiger partial charge in [0, 0.05) is 24.7 Å². The summed E-state index contributed by atoms with van der Waals surface area (Å²) in [4.78, 5) is 6.70. The molecule has 1 unspecified atom stereocenters. The highest BCUT2D eigenvalue weighted by molar-refractivity contribution is 5.50. The van der Waals surface area contributed by atoms with E-state index in [1.165, 1.54) is 31.5 Å². The Labute approximate surface area is 108 Å². The van der Waals surface area contributed by atoms with Crippen LogP contribution in [0.15, 0.2) is 18.5 Å². The normalized spacial score (nSPS) is 27.1. The molecule has 1 aromatic rings. The Morgan fingerprint density at radius 3 is 3.17 bits per heavy atom. The van der Waals surface area contributed by atoms with Gasteiger partial charge in [0.15, 0.2) is 0 Å². The van der Waals surface area contributed by atoms with Crippen molar-refractivity contribution >= 4 is 5.69 Å². The predicted molar refractivity (Wildman–Crippen MR) is 72.2 cm³/mol. The van der Waals surface area contributed by atoms with E-state index in [1.807, 2.05) is 13.1 Å². The number of anilines is 1. The first-order chi connectivity index (χ1) is 8.81. The summed E-state index contributed by atoms with van der Waals surface area (Å²) >= 11 is 0. The number of rotatable bonds is 3. The van der Waals surface area contributed by atoms with E-state index in [0.29, 0.717) is 12.1 Å². The van der Waals surface area contributed by atoms with E-state index < -0.39 is 0 Å². The van der Waals surface area contributed by atoms with Crippen molar-refractivity contribution in [3.63, 3.8) is 0 Å². The SMILES string of the molecule is CCOc1cncc(N2CCC3(CCCN3)C2)c1. The first-order valence-corrected chi connectivity index (χ1v) is 6.89. The number of nitrogens with one attached hydrogen (secondary N) is 1. The third-order valence-electron chi connectivity index (χ3n) is 4.06. The van der Waals surface area contributed by atoms with Crippen molar-refractivity contribution in [1.29, 1.82) is 0 Å². The molecular formula is C14H21N3O. The van der Waals surface area contributed by atoms with Gasteiger partial charge in [-0.05, 0) is 32.7 Å². The van der Waals surface area contributed by atoms with Gasteiger partial charge in [0.1, 0.15) is 5.75 Å². The van der Waals surface area contributed by atoms with E-state index in [-0.39, 0.29) is 0 Å². The molecule has 0 amide bonds. The minimum Gasteiger partial charge on any atom is -0.492 e. The fraction of sp³-hybridized carbons (Fsp3) is 0.643. The highest BCUT2D eigenvalue weighted by atomic mass is 16.5. The largest absolute Gasteiger partial charge is 0.492 e. The Morgan fingerprint density at radius 1 is 1.44 bits per heavy atom. The monoisotopic (exact) mass is 247 g/mol. The van der Waals surface area contributed by atoms with Crippen molar-refractivity contribution in [1.82, 2.24) is 10.3 Å². The van der Waals surface area contributed by atoms with Crippen LogP contribution < -0.4 is 15.0 Å². The second kappa shape index (κ2) is 4.76. The van der Waals surface area contributed by atoms with Crippen molar-refractivity contribution < 1.29 is 4.74 Å². The maximum Gasteiger partial charge on any atom is 0.139 e. The van der Waals surface area contributed by atoms with E-state index >= 15 is 0 Å². The minimum atomic E-state index is 0.363. The van der Waals surface area contributed by atoms with Crippen LogP contribution in [-0.4, -0.2) is 36.8 Å². The lowest BCUT2D eigenvalue weighted by atomic mass is 9.97. The third kappa shape index (κ3) is 2.17. The molecule has 1 spiro atoms. The second-order valence-corrected chi connectivity index (χ2v) is 5.29. The number of nitrogens with zero attached hydrogens (tertiary/aromatic N) is 2. The molecule has 0 bridgehead atoms. The molecule has 0 aromatic carbocycles. The Bertz CT molecular complexity index is 415. The Morgan fingerprint density at radius 2 is 2.39 bits per heavy atom. The summed E-state index contributed by atoms with van der Waals surface area (Å²) in [5, 5.41) is 3.68. The number of hydrogen-bond acceptors (Lipinski definition) is 4. The van der Waals surface area contributed by atoms with Gasteiger partial charge < -0.3 is 15.0 Å². The molecule has 3 heterocycles. The van der Waals surface area contributed by atoms with E-state index in [9.17, 15) is 0 Å². The molecule has 2 aliphatic heterocycles. The smallest absolute Gasteiger partial charge is 0.139 e. The van der Waals surface area contributed by atoms with Crippen LogP contribution in [0.4, 0.5) is 5.69 Å². The van der Waals surface area contributed by atoms with Crippen LogP contribution in [0.25, 0.3) is 0 Å². The van der Waals surface area contributed by atoms with Gasteiger partial charge >= 0.3 is 0 Å². The van der Waals surface area contributed by atoms with Crippen molar-refractivity contribution in [3.8, 4) is 5.75 Å². The number of pyridine rings is 1. The molecule has 1 atom stereocenters. The van der Waals surface area contributed by atoms with Gasteiger partial charge in [-0.1, -0.05) is 0 Å². The van der Waals surface area contributed by atoms with Crippen molar-refractivity contribution in [2.45, 2.75) is 31.7 Å². The van der Waals surface area contributed by atoms with E-state index in [1.54, 1.807) is 6.20 Å². The van der Waals surface area contributed by atoms with Gasteiger partial charge in [-0.15, -0.1) is 0 Å². The maximum atomic E-state index is 5.52. The van der Waals surface area contributed by atoms with Gasteiger partial charge in [0.05, 0.1) is 24.7 Å². The maximum absolute atomic E-state index is 5.52. The van der Waals surface area contributed by atoms with E-state index in [4.69, 9.17) is 4.74 Å². The van der Waals surface area contributed by atoms with Crippen LogP contribution in [0, 0.1) is 0 Å². The molecule has 0 aliphatic carbocycles. The van der Waals surface area contributed by atoms with Crippen LogP contribution in [0.2, 0.25) is 0 Å². The first-order valence-electron chi connectivity index (χ1n) is 6.89. The lowest BCUT2D eigenvalue weighted by Crippen LogP contribution is -2.42. The fourth-order valence-corrected chi connectivity index (χ4v) is 3.14. The average Bonchev–Trinajstić information content (AvgIpc) is 3.01. The van der Waals surface area contributed by atoms with Crippen LogP contribution in [0.5, 0.6) is 5.75 Å². The van der Waals surface area contributed by atoms with E-state index in [2.05, 4.69) is 21.3 Å². The highest BCUT2D eigenvalue weighted by Crippen LogP contribution is 2.33. The quantitative estimate of drug-likeness (QED) is 0.884. The first kappa shape index (κ1) is 11.8. The summed E-state index contributed by atoms with van der Waals surface area (Å²) in [7, 11) is 0. The van der Waals surface area contributed by atoms with Gasteiger partial charge in [0.25, 0.3) is 0 Å². The van der Waals surface area contributed by atoms with Gasteiger partial charge in [-0.3, -0.25) is 4.98 Å². The van der Waals surface area contributed by atoms with Gasteiger partial charge in [-0.25, -0.2) is 0 Å². The molecule has 98 valence electrons. The summed E-state index contributed by atoms with van der Waals surface area (Å²) in [5.41, 5.74) is 1.55. The zero-order valence-corrected chi connectivity index (χ0v) is 11.0. The fourth-order valence-electron chi connectivity index (χ4n) is 3.14. The van der Waals surface area contributed by atoms with E-state index in [0.717, 1.165) is 18.8 Å². The molecule has 2 saturated heterocycles. The van der Waals surface area contributed by atoms with Crippen LogP contribution in [0.1, 0.15) is 26.2 Å². The van der Waals surface area contributed by atoms with Crippen molar-refractivity contribution in [2.24, 2.45) is 0 Å². The summed E-state index contributed by atoms with van der Waals surface area (Å²) in [6.45, 7) is 6.08. The minimum absolute atomic E-state index is 0.363.